The molecule has 1 saturated heterocycles. The number of fused-ring (bicyclic) bond motifs is 2. The lowest BCUT2D eigenvalue weighted by molar-refractivity contribution is 0.449. The van der Waals surface area contributed by atoms with Crippen LogP contribution in [0.5, 0.6) is 0 Å². The largest absolute Gasteiger partial charge is 0.382 e. The molecule has 1 aliphatic heterocycles. The van der Waals surface area contributed by atoms with Crippen LogP contribution in [0.3, 0.4) is 0 Å². The van der Waals surface area contributed by atoms with Gasteiger partial charge in [-0.25, -0.2) is 9.50 Å². The zero-order chi connectivity index (χ0) is 21.5. The molecular formula is C25H25N7. The Morgan fingerprint density at radius 1 is 1.09 bits per heavy atom. The number of rotatable bonds is 4. The van der Waals surface area contributed by atoms with Crippen LogP contribution in [0.25, 0.3) is 27.5 Å². The monoisotopic (exact) mass is 423 g/mol. The molecule has 1 atom stereocenters. The highest BCUT2D eigenvalue weighted by Crippen LogP contribution is 2.35. The molecule has 6 rings (SSSR count). The van der Waals surface area contributed by atoms with E-state index in [2.05, 4.69) is 70.1 Å². The van der Waals surface area contributed by atoms with E-state index in [0.29, 0.717) is 11.7 Å². The molecule has 160 valence electrons. The summed E-state index contributed by atoms with van der Waals surface area (Å²) < 4.78 is 3.98. The molecule has 5 aromatic rings. The molecule has 0 unspecified atom stereocenters. The molecule has 7 nitrogen and oxygen atoms in total. The number of hydrogen-bond acceptors (Lipinski definition) is 5. The van der Waals surface area contributed by atoms with E-state index in [0.717, 1.165) is 53.6 Å². The van der Waals surface area contributed by atoms with Gasteiger partial charge in [-0.1, -0.05) is 42.5 Å². The van der Waals surface area contributed by atoms with Gasteiger partial charge in [0.15, 0.2) is 5.82 Å². The summed E-state index contributed by atoms with van der Waals surface area (Å²) in [5.74, 6) is 0.910. The maximum atomic E-state index is 6.33. The standard InChI is InChI=1S/C25H25N7/c26-25-24-21(12-23(32(24)29-16-28-25)19-7-4-10-27-13-19)18-8-9-20-15-31(30-22(20)11-18)14-17-5-2-1-3-6-17/h1-3,5-6,8-9,11-12,15-16,19,27H,4,7,10,13-14H2,(H2,26,28,29)/t19-/m0/s1. The van der Waals surface area contributed by atoms with Crippen molar-refractivity contribution in [1.29, 1.82) is 0 Å². The highest BCUT2D eigenvalue weighted by molar-refractivity contribution is 5.92. The van der Waals surface area contributed by atoms with E-state index in [1.165, 1.54) is 17.7 Å². The quantitative estimate of drug-likeness (QED) is 0.459. The average Bonchev–Trinajstić information content (AvgIpc) is 3.41. The predicted molar refractivity (Wildman–Crippen MR) is 127 cm³/mol. The topological polar surface area (TPSA) is 86.1 Å². The molecule has 3 aromatic heterocycles. The maximum absolute atomic E-state index is 6.33. The van der Waals surface area contributed by atoms with Gasteiger partial charge in [0.25, 0.3) is 0 Å². The van der Waals surface area contributed by atoms with E-state index in [1.807, 2.05) is 15.3 Å². The zero-order valence-corrected chi connectivity index (χ0v) is 17.8. The van der Waals surface area contributed by atoms with Gasteiger partial charge >= 0.3 is 0 Å². The first-order valence-electron chi connectivity index (χ1n) is 11.1. The molecular weight excluding hydrogens is 398 g/mol. The second-order valence-corrected chi connectivity index (χ2v) is 8.52. The van der Waals surface area contributed by atoms with E-state index < -0.39 is 0 Å². The Kier molecular flexibility index (Phi) is 4.61. The molecule has 0 radical (unpaired) electrons. The van der Waals surface area contributed by atoms with Gasteiger partial charge in [0.05, 0.1) is 12.1 Å². The predicted octanol–water partition coefficient (Wildman–Crippen LogP) is 3.84. The molecule has 1 fully saturated rings. The van der Waals surface area contributed by atoms with Crippen molar-refractivity contribution in [2.45, 2.75) is 25.3 Å². The summed E-state index contributed by atoms with van der Waals surface area (Å²) in [6.45, 7) is 2.78. The van der Waals surface area contributed by atoms with Gasteiger partial charge < -0.3 is 11.1 Å². The SMILES string of the molecule is Nc1ncnn2c([C@H]3CCCNC3)cc(-c3ccc4cn(Cc5ccccc5)nc4c3)c12. The van der Waals surface area contributed by atoms with Crippen LogP contribution in [0, 0.1) is 0 Å². The normalized spacial score (nSPS) is 16.7. The fourth-order valence-corrected chi connectivity index (χ4v) is 4.79. The van der Waals surface area contributed by atoms with Gasteiger partial charge in [0.1, 0.15) is 11.8 Å². The molecule has 7 heteroatoms. The third-order valence-electron chi connectivity index (χ3n) is 6.38. The number of nitrogens with zero attached hydrogens (tertiary/aromatic N) is 5. The summed E-state index contributed by atoms with van der Waals surface area (Å²) in [6, 6.07) is 19.0. The molecule has 0 saturated carbocycles. The van der Waals surface area contributed by atoms with Crippen LogP contribution >= 0.6 is 0 Å². The first-order valence-corrected chi connectivity index (χ1v) is 11.1. The Bertz CT molecular complexity index is 1390. The van der Waals surface area contributed by atoms with Gasteiger partial charge in [-0.3, -0.25) is 4.68 Å². The molecule has 1 aliphatic rings. The molecule has 0 spiro atoms. The van der Waals surface area contributed by atoms with Crippen LogP contribution < -0.4 is 11.1 Å². The molecule has 4 heterocycles. The Morgan fingerprint density at radius 3 is 2.84 bits per heavy atom. The van der Waals surface area contributed by atoms with E-state index in [9.17, 15) is 0 Å². The van der Waals surface area contributed by atoms with Crippen molar-refractivity contribution < 1.29 is 0 Å². The zero-order valence-electron chi connectivity index (χ0n) is 17.8. The molecule has 3 N–H and O–H groups in total. The lowest BCUT2D eigenvalue weighted by atomic mass is 9.95. The van der Waals surface area contributed by atoms with Gasteiger partial charge in [-0.15, -0.1) is 0 Å². The number of nitrogens with two attached hydrogens (primary N) is 1. The number of nitrogens with one attached hydrogen (secondary N) is 1. The summed E-state index contributed by atoms with van der Waals surface area (Å²) in [4.78, 5) is 4.28. The van der Waals surface area contributed by atoms with Gasteiger partial charge in [0.2, 0.25) is 0 Å². The highest BCUT2D eigenvalue weighted by Gasteiger charge is 2.23. The van der Waals surface area contributed by atoms with Gasteiger partial charge in [-0.05, 0) is 42.6 Å². The van der Waals surface area contributed by atoms with Crippen molar-refractivity contribution in [3.8, 4) is 11.1 Å². The number of aromatic nitrogens is 5. The smallest absolute Gasteiger partial charge is 0.151 e. The van der Waals surface area contributed by atoms with Crippen LogP contribution in [0.2, 0.25) is 0 Å². The lowest BCUT2D eigenvalue weighted by Crippen LogP contribution is -2.29. The first-order chi connectivity index (χ1) is 15.8. The van der Waals surface area contributed by atoms with Crippen molar-refractivity contribution in [2.75, 3.05) is 18.8 Å². The number of anilines is 1. The Hall–Kier alpha value is -3.71. The first kappa shape index (κ1) is 19.0. The molecule has 0 bridgehead atoms. The van der Waals surface area contributed by atoms with Crippen molar-refractivity contribution >= 4 is 22.2 Å². The number of nitrogen functional groups attached to an aromatic ring is 1. The van der Waals surface area contributed by atoms with E-state index in [1.54, 1.807) is 6.33 Å². The Labute approximate surface area is 185 Å². The number of piperidine rings is 1. The minimum absolute atomic E-state index is 0.410. The van der Waals surface area contributed by atoms with Gasteiger partial charge in [-0.2, -0.15) is 10.2 Å². The highest BCUT2D eigenvalue weighted by atomic mass is 15.3. The summed E-state index contributed by atoms with van der Waals surface area (Å²) in [5.41, 5.74) is 12.7. The van der Waals surface area contributed by atoms with E-state index in [4.69, 9.17) is 10.8 Å². The molecule has 32 heavy (non-hydrogen) atoms. The van der Waals surface area contributed by atoms with Crippen molar-refractivity contribution in [3.63, 3.8) is 0 Å². The van der Waals surface area contributed by atoms with Crippen molar-refractivity contribution in [3.05, 3.63) is 78.4 Å². The summed E-state index contributed by atoms with van der Waals surface area (Å²) in [5, 5.41) is 14.0. The van der Waals surface area contributed by atoms with Gasteiger partial charge in [0, 0.05) is 35.3 Å². The average molecular weight is 424 g/mol. The van der Waals surface area contributed by atoms with Crippen LogP contribution in [0.1, 0.15) is 30.0 Å². The number of hydrogen-bond donors (Lipinski definition) is 2. The lowest BCUT2D eigenvalue weighted by Gasteiger charge is -2.22. The second kappa shape index (κ2) is 7.76. The van der Waals surface area contributed by atoms with Crippen LogP contribution in [-0.4, -0.2) is 37.5 Å². The summed E-state index contributed by atoms with van der Waals surface area (Å²) >= 11 is 0. The maximum Gasteiger partial charge on any atom is 0.151 e. The third-order valence-corrected chi connectivity index (χ3v) is 6.38. The third kappa shape index (κ3) is 3.31. The van der Waals surface area contributed by atoms with E-state index in [-0.39, 0.29) is 0 Å². The summed E-state index contributed by atoms with van der Waals surface area (Å²) in [7, 11) is 0. The number of benzene rings is 2. The second-order valence-electron chi connectivity index (χ2n) is 8.52. The van der Waals surface area contributed by atoms with Crippen LogP contribution in [-0.2, 0) is 6.54 Å². The molecule has 0 aliphatic carbocycles. The van der Waals surface area contributed by atoms with Crippen molar-refractivity contribution in [2.24, 2.45) is 0 Å². The molecule has 0 amide bonds. The fraction of sp³-hybridized carbons (Fsp3) is 0.240. The minimum atomic E-state index is 0.410. The minimum Gasteiger partial charge on any atom is -0.382 e. The Balaban J connectivity index is 1.43. The van der Waals surface area contributed by atoms with Crippen LogP contribution in [0.4, 0.5) is 5.82 Å². The van der Waals surface area contributed by atoms with E-state index >= 15 is 0 Å². The molecule has 2 aromatic carbocycles. The van der Waals surface area contributed by atoms with Crippen LogP contribution in [0.15, 0.2) is 67.1 Å². The summed E-state index contributed by atoms with van der Waals surface area (Å²) in [6.07, 6.45) is 5.95. The van der Waals surface area contributed by atoms with Crippen molar-refractivity contribution in [1.82, 2.24) is 29.7 Å². The Morgan fingerprint density at radius 2 is 2.00 bits per heavy atom. The fourth-order valence-electron chi connectivity index (χ4n) is 4.79.